The highest BCUT2D eigenvalue weighted by Crippen LogP contribution is 2.31. The molecule has 1 aliphatic rings. The fraction of sp³-hybridized carbons (Fsp3) is 0.286. The Labute approximate surface area is 196 Å². The summed E-state index contributed by atoms with van der Waals surface area (Å²) in [6, 6.07) is 23.1. The number of nitrogens with one attached hydrogen (secondary N) is 1. The van der Waals surface area contributed by atoms with Crippen LogP contribution >= 0.6 is 0 Å². The van der Waals surface area contributed by atoms with Crippen molar-refractivity contribution >= 4 is 17.7 Å². The van der Waals surface area contributed by atoms with Gasteiger partial charge in [0.1, 0.15) is 0 Å². The van der Waals surface area contributed by atoms with E-state index in [1.165, 1.54) is 16.8 Å². The van der Waals surface area contributed by atoms with Crippen LogP contribution in [0.15, 0.2) is 85.2 Å². The Bertz CT molecular complexity index is 1030. The highest BCUT2D eigenvalue weighted by molar-refractivity contribution is 5.91. The molecule has 33 heavy (non-hydrogen) atoms. The number of para-hydroxylation sites is 1. The number of anilines is 1. The van der Waals surface area contributed by atoms with Crippen LogP contribution < -0.4 is 10.2 Å². The predicted octanol–water partition coefficient (Wildman–Crippen LogP) is 4.48. The Morgan fingerprint density at radius 2 is 1.70 bits per heavy atom. The zero-order valence-corrected chi connectivity index (χ0v) is 19.1. The number of carbonyl (C=O) groups is 1. The van der Waals surface area contributed by atoms with Crippen molar-refractivity contribution in [3.63, 3.8) is 0 Å². The van der Waals surface area contributed by atoms with Gasteiger partial charge in [0.2, 0.25) is 5.91 Å². The van der Waals surface area contributed by atoms with Crippen molar-refractivity contribution in [2.45, 2.75) is 12.8 Å². The molecule has 5 nitrogen and oxygen atoms in total. The number of hydrogen-bond donors (Lipinski definition) is 1. The van der Waals surface area contributed by atoms with E-state index in [1.807, 2.05) is 12.1 Å². The fourth-order valence-corrected chi connectivity index (χ4v) is 4.20. The summed E-state index contributed by atoms with van der Waals surface area (Å²) in [6.07, 6.45) is 8.91. The maximum atomic E-state index is 11.9. The lowest BCUT2D eigenvalue weighted by molar-refractivity contribution is -0.116. The standard InChI is InChI=1S/C28H32N4O/c33-28(15-14-24-9-8-16-29-23-24)30-17-6-7-18-31-19-21-32(22-20-31)27-13-5-4-12-26(27)25-10-2-1-3-11-25/h1-5,8-16,23H,6-7,17-22H2,(H,30,33)/b15-14-. The SMILES string of the molecule is O=C(/C=C\c1cccnc1)NCCCCN1CCN(c2ccccc2-c2ccccc2)CC1. The van der Waals surface area contributed by atoms with E-state index in [0.717, 1.165) is 51.1 Å². The Morgan fingerprint density at radius 1 is 0.909 bits per heavy atom. The van der Waals surface area contributed by atoms with Crippen LogP contribution in [0.3, 0.4) is 0 Å². The summed E-state index contributed by atoms with van der Waals surface area (Å²) in [5.41, 5.74) is 4.83. The monoisotopic (exact) mass is 440 g/mol. The van der Waals surface area contributed by atoms with Crippen molar-refractivity contribution in [2.75, 3.05) is 44.2 Å². The molecule has 0 radical (unpaired) electrons. The second-order valence-corrected chi connectivity index (χ2v) is 8.33. The number of nitrogens with zero attached hydrogens (tertiary/aromatic N) is 3. The first-order valence-corrected chi connectivity index (χ1v) is 11.8. The van der Waals surface area contributed by atoms with E-state index in [0.29, 0.717) is 6.54 Å². The van der Waals surface area contributed by atoms with Gasteiger partial charge in [-0.1, -0.05) is 54.6 Å². The summed E-state index contributed by atoms with van der Waals surface area (Å²) in [4.78, 5) is 21.0. The van der Waals surface area contributed by atoms with Gasteiger partial charge in [0.25, 0.3) is 0 Å². The van der Waals surface area contributed by atoms with Gasteiger partial charge in [0.05, 0.1) is 0 Å². The van der Waals surface area contributed by atoms with Crippen molar-refractivity contribution in [1.29, 1.82) is 0 Å². The van der Waals surface area contributed by atoms with Crippen molar-refractivity contribution in [2.24, 2.45) is 0 Å². The molecule has 1 fully saturated rings. The molecule has 4 rings (SSSR count). The molecule has 0 spiro atoms. The van der Waals surface area contributed by atoms with E-state index in [-0.39, 0.29) is 5.91 Å². The van der Waals surface area contributed by atoms with Crippen LogP contribution in [0.2, 0.25) is 0 Å². The molecule has 0 aliphatic carbocycles. The maximum absolute atomic E-state index is 11.9. The molecule has 0 saturated carbocycles. The Hall–Kier alpha value is -3.44. The molecule has 3 aromatic rings. The van der Waals surface area contributed by atoms with Gasteiger partial charge >= 0.3 is 0 Å². The second kappa shape index (κ2) is 12.0. The fourth-order valence-electron chi connectivity index (χ4n) is 4.20. The van der Waals surface area contributed by atoms with Gasteiger partial charge < -0.3 is 10.2 Å². The minimum absolute atomic E-state index is 0.0513. The minimum Gasteiger partial charge on any atom is -0.368 e. The van der Waals surface area contributed by atoms with Crippen LogP contribution in [0.1, 0.15) is 18.4 Å². The number of carbonyl (C=O) groups excluding carboxylic acids is 1. The number of piperazine rings is 1. The third kappa shape index (κ3) is 6.77. The molecule has 0 atom stereocenters. The van der Waals surface area contributed by atoms with E-state index in [1.54, 1.807) is 24.5 Å². The summed E-state index contributed by atoms with van der Waals surface area (Å²) in [7, 11) is 0. The van der Waals surface area contributed by atoms with Gasteiger partial charge in [0, 0.05) is 62.4 Å². The van der Waals surface area contributed by atoms with Crippen molar-refractivity contribution in [1.82, 2.24) is 15.2 Å². The van der Waals surface area contributed by atoms with Gasteiger partial charge in [-0.05, 0) is 48.7 Å². The maximum Gasteiger partial charge on any atom is 0.243 e. The van der Waals surface area contributed by atoms with Gasteiger partial charge in [0.15, 0.2) is 0 Å². The lowest BCUT2D eigenvalue weighted by Gasteiger charge is -2.37. The lowest BCUT2D eigenvalue weighted by Crippen LogP contribution is -2.46. The van der Waals surface area contributed by atoms with Crippen LogP contribution in [0, 0.1) is 0 Å². The highest BCUT2D eigenvalue weighted by atomic mass is 16.1. The van der Waals surface area contributed by atoms with Gasteiger partial charge in [-0.3, -0.25) is 14.7 Å². The quantitative estimate of drug-likeness (QED) is 0.394. The third-order valence-corrected chi connectivity index (χ3v) is 6.01. The third-order valence-electron chi connectivity index (χ3n) is 6.01. The lowest BCUT2D eigenvalue weighted by atomic mass is 10.0. The molecule has 1 aromatic heterocycles. The molecule has 0 bridgehead atoms. The number of aromatic nitrogens is 1. The van der Waals surface area contributed by atoms with E-state index >= 15 is 0 Å². The van der Waals surface area contributed by atoms with Crippen LogP contribution in [-0.4, -0.2) is 55.1 Å². The molecule has 5 heteroatoms. The smallest absolute Gasteiger partial charge is 0.243 e. The number of unbranched alkanes of at least 4 members (excludes halogenated alkanes) is 1. The summed E-state index contributed by atoms with van der Waals surface area (Å²) in [5.74, 6) is -0.0513. The molecule has 1 aliphatic heterocycles. The Kier molecular flexibility index (Phi) is 8.25. The zero-order valence-electron chi connectivity index (χ0n) is 19.1. The van der Waals surface area contributed by atoms with E-state index < -0.39 is 0 Å². The molecule has 2 aromatic carbocycles. The van der Waals surface area contributed by atoms with Gasteiger partial charge in [-0.2, -0.15) is 0 Å². The zero-order chi connectivity index (χ0) is 22.7. The molecule has 2 heterocycles. The molecule has 1 saturated heterocycles. The number of rotatable bonds is 9. The molecular weight excluding hydrogens is 408 g/mol. The Balaban J connectivity index is 1.16. The average Bonchev–Trinajstić information content (AvgIpc) is 2.89. The van der Waals surface area contributed by atoms with Crippen LogP contribution in [0.4, 0.5) is 5.69 Å². The molecule has 1 N–H and O–H groups in total. The van der Waals surface area contributed by atoms with Gasteiger partial charge in [-0.15, -0.1) is 0 Å². The molecular formula is C28H32N4O. The number of amides is 1. The number of benzene rings is 2. The first kappa shape index (κ1) is 22.7. The summed E-state index contributed by atoms with van der Waals surface area (Å²) in [6.45, 7) is 6.02. The minimum atomic E-state index is -0.0513. The first-order chi connectivity index (χ1) is 16.3. The van der Waals surface area contributed by atoms with E-state index in [4.69, 9.17) is 0 Å². The van der Waals surface area contributed by atoms with Gasteiger partial charge in [-0.25, -0.2) is 0 Å². The topological polar surface area (TPSA) is 48.5 Å². The van der Waals surface area contributed by atoms with Crippen LogP contribution in [0.5, 0.6) is 0 Å². The summed E-state index contributed by atoms with van der Waals surface area (Å²) in [5, 5.41) is 2.97. The normalized spacial score (nSPS) is 14.5. The number of pyridine rings is 1. The van der Waals surface area contributed by atoms with Crippen LogP contribution in [-0.2, 0) is 4.79 Å². The van der Waals surface area contributed by atoms with Crippen molar-refractivity contribution in [3.05, 3.63) is 90.8 Å². The number of hydrogen-bond acceptors (Lipinski definition) is 4. The first-order valence-electron chi connectivity index (χ1n) is 11.8. The van der Waals surface area contributed by atoms with Crippen molar-refractivity contribution in [3.8, 4) is 11.1 Å². The predicted molar refractivity (Wildman–Crippen MR) is 136 cm³/mol. The van der Waals surface area contributed by atoms with E-state index in [2.05, 4.69) is 74.7 Å². The second-order valence-electron chi connectivity index (χ2n) is 8.33. The van der Waals surface area contributed by atoms with E-state index in [9.17, 15) is 4.79 Å². The molecule has 0 unspecified atom stereocenters. The van der Waals surface area contributed by atoms with Crippen LogP contribution in [0.25, 0.3) is 17.2 Å². The largest absolute Gasteiger partial charge is 0.368 e. The molecule has 1 amide bonds. The average molecular weight is 441 g/mol. The van der Waals surface area contributed by atoms with Crippen molar-refractivity contribution < 1.29 is 4.79 Å². The summed E-state index contributed by atoms with van der Waals surface area (Å²) < 4.78 is 0. The Morgan fingerprint density at radius 3 is 2.48 bits per heavy atom. The highest BCUT2D eigenvalue weighted by Gasteiger charge is 2.19. The molecule has 170 valence electrons. The summed E-state index contributed by atoms with van der Waals surface area (Å²) >= 11 is 0.